The molecule has 88 valence electrons. The summed E-state index contributed by atoms with van der Waals surface area (Å²) in [6.07, 6.45) is 7.69. The van der Waals surface area contributed by atoms with Crippen molar-refractivity contribution >= 4 is 17.5 Å². The molecule has 1 aromatic carbocycles. The summed E-state index contributed by atoms with van der Waals surface area (Å²) in [7, 11) is 0. The molecule has 0 aliphatic heterocycles. The number of carbonyl (C=O) groups excluding carboxylic acids is 1. The van der Waals surface area contributed by atoms with Crippen molar-refractivity contribution < 1.29 is 4.79 Å². The summed E-state index contributed by atoms with van der Waals surface area (Å²) in [6, 6.07) is 7.08. The first kappa shape index (κ1) is 12.0. The molecule has 0 saturated heterocycles. The lowest BCUT2D eigenvalue weighted by molar-refractivity contribution is 0.0770. The summed E-state index contributed by atoms with van der Waals surface area (Å²) in [6.45, 7) is 1.09. The minimum Gasteiger partial charge on any atom is -0.327 e. The van der Waals surface area contributed by atoms with Gasteiger partial charge in [-0.25, -0.2) is 0 Å². The van der Waals surface area contributed by atoms with Gasteiger partial charge in [0.1, 0.15) is 0 Å². The maximum Gasteiger partial charge on any atom is 0.256 e. The fraction of sp³-hybridized carbons (Fsp3) is 0.357. The van der Waals surface area contributed by atoms with Crippen molar-refractivity contribution in [1.82, 2.24) is 4.90 Å². The van der Waals surface area contributed by atoms with E-state index in [0.717, 1.165) is 6.54 Å². The summed E-state index contributed by atoms with van der Waals surface area (Å²) in [4.78, 5) is 14.0. The molecule has 0 unspecified atom stereocenters. The minimum atomic E-state index is -0.0690. The average Bonchev–Trinajstić information content (AvgIpc) is 3.12. The average molecular weight is 248 g/mol. The molecule has 1 amide bonds. The molecule has 1 fully saturated rings. The Balaban J connectivity index is 2.15. The van der Waals surface area contributed by atoms with E-state index in [1.54, 1.807) is 17.0 Å². The number of halogens is 1. The number of terminal acetylenes is 1. The highest BCUT2D eigenvalue weighted by atomic mass is 35.5. The zero-order chi connectivity index (χ0) is 12.3. The van der Waals surface area contributed by atoms with Crippen molar-refractivity contribution in [3.05, 3.63) is 34.9 Å². The third-order valence-corrected chi connectivity index (χ3v) is 3.18. The van der Waals surface area contributed by atoms with Crippen LogP contribution in [-0.2, 0) is 0 Å². The van der Waals surface area contributed by atoms with Gasteiger partial charge in [-0.2, -0.15) is 0 Å². The molecule has 0 heterocycles. The van der Waals surface area contributed by atoms with Gasteiger partial charge in [-0.05, 0) is 30.9 Å². The second-order valence-electron chi connectivity index (χ2n) is 4.31. The number of benzene rings is 1. The summed E-state index contributed by atoms with van der Waals surface area (Å²) in [5, 5.41) is 0.482. The molecular formula is C14H14ClNO. The Labute approximate surface area is 107 Å². The van der Waals surface area contributed by atoms with Gasteiger partial charge in [-0.1, -0.05) is 29.7 Å². The maximum absolute atomic E-state index is 12.3. The summed E-state index contributed by atoms with van der Waals surface area (Å²) >= 11 is 6.02. The van der Waals surface area contributed by atoms with E-state index in [4.69, 9.17) is 18.0 Å². The molecule has 0 spiro atoms. The first-order chi connectivity index (χ1) is 8.22. The van der Waals surface area contributed by atoms with E-state index >= 15 is 0 Å². The Bertz CT molecular complexity index is 460. The summed E-state index contributed by atoms with van der Waals surface area (Å²) in [5.74, 6) is 3.08. The van der Waals surface area contributed by atoms with E-state index in [-0.39, 0.29) is 5.91 Å². The molecule has 3 heteroatoms. The number of hydrogen-bond acceptors (Lipinski definition) is 1. The molecule has 0 aromatic heterocycles. The van der Waals surface area contributed by atoms with Crippen molar-refractivity contribution in [2.45, 2.75) is 12.8 Å². The van der Waals surface area contributed by atoms with Crippen molar-refractivity contribution in [2.75, 3.05) is 13.1 Å². The maximum atomic E-state index is 12.3. The van der Waals surface area contributed by atoms with Crippen LogP contribution in [0.2, 0.25) is 5.02 Å². The zero-order valence-electron chi connectivity index (χ0n) is 9.53. The van der Waals surface area contributed by atoms with Gasteiger partial charge < -0.3 is 4.90 Å². The van der Waals surface area contributed by atoms with Gasteiger partial charge in [0, 0.05) is 6.54 Å². The third kappa shape index (κ3) is 3.01. The van der Waals surface area contributed by atoms with Crippen LogP contribution in [0.5, 0.6) is 0 Å². The molecule has 1 aromatic rings. The minimum absolute atomic E-state index is 0.0690. The van der Waals surface area contributed by atoms with Gasteiger partial charge in [0.05, 0.1) is 17.1 Å². The standard InChI is InChI=1S/C14H14ClNO/c1-2-9-16(10-11-7-8-11)14(17)12-5-3-4-6-13(12)15/h1,3-6,11H,7-10H2. The van der Waals surface area contributed by atoms with Crippen LogP contribution in [-0.4, -0.2) is 23.9 Å². The summed E-state index contributed by atoms with van der Waals surface area (Å²) in [5.41, 5.74) is 0.532. The Morgan fingerprint density at radius 3 is 2.76 bits per heavy atom. The SMILES string of the molecule is C#CCN(CC1CC1)C(=O)c1ccccc1Cl. The van der Waals surface area contributed by atoms with Crippen LogP contribution < -0.4 is 0 Å². The zero-order valence-corrected chi connectivity index (χ0v) is 10.3. The topological polar surface area (TPSA) is 20.3 Å². The molecular weight excluding hydrogens is 234 g/mol. The highest BCUT2D eigenvalue weighted by Crippen LogP contribution is 2.30. The predicted molar refractivity (Wildman–Crippen MR) is 68.9 cm³/mol. The number of rotatable bonds is 4. The smallest absolute Gasteiger partial charge is 0.256 e. The van der Waals surface area contributed by atoms with Crippen LogP contribution in [0, 0.1) is 18.3 Å². The monoisotopic (exact) mass is 247 g/mol. The summed E-state index contributed by atoms with van der Waals surface area (Å²) < 4.78 is 0. The van der Waals surface area contributed by atoms with Gasteiger partial charge >= 0.3 is 0 Å². The lowest BCUT2D eigenvalue weighted by Crippen LogP contribution is -2.33. The van der Waals surface area contributed by atoms with E-state index in [1.807, 2.05) is 12.1 Å². The molecule has 1 aliphatic carbocycles. The first-order valence-electron chi connectivity index (χ1n) is 5.69. The van der Waals surface area contributed by atoms with Crippen LogP contribution >= 0.6 is 11.6 Å². The van der Waals surface area contributed by atoms with Crippen molar-refractivity contribution in [3.8, 4) is 12.3 Å². The van der Waals surface area contributed by atoms with Gasteiger partial charge in [-0.3, -0.25) is 4.79 Å². The van der Waals surface area contributed by atoms with Crippen LogP contribution in [0.1, 0.15) is 23.2 Å². The number of nitrogens with zero attached hydrogens (tertiary/aromatic N) is 1. The van der Waals surface area contributed by atoms with E-state index < -0.39 is 0 Å². The number of carbonyl (C=O) groups is 1. The normalized spacial score (nSPS) is 14.1. The van der Waals surface area contributed by atoms with Crippen molar-refractivity contribution in [3.63, 3.8) is 0 Å². The van der Waals surface area contributed by atoms with Crippen LogP contribution in [0.3, 0.4) is 0 Å². The van der Waals surface area contributed by atoms with Crippen LogP contribution in [0.4, 0.5) is 0 Å². The van der Waals surface area contributed by atoms with E-state index in [1.165, 1.54) is 12.8 Å². The molecule has 0 radical (unpaired) electrons. The van der Waals surface area contributed by atoms with Crippen molar-refractivity contribution in [2.24, 2.45) is 5.92 Å². The van der Waals surface area contributed by atoms with Gasteiger partial charge in [0.2, 0.25) is 0 Å². The molecule has 0 N–H and O–H groups in total. The van der Waals surface area contributed by atoms with Gasteiger partial charge in [0.25, 0.3) is 5.91 Å². The first-order valence-corrected chi connectivity index (χ1v) is 6.07. The molecule has 1 saturated carbocycles. The van der Waals surface area contributed by atoms with E-state index in [0.29, 0.717) is 23.0 Å². The molecule has 17 heavy (non-hydrogen) atoms. The van der Waals surface area contributed by atoms with Crippen LogP contribution in [0.15, 0.2) is 24.3 Å². The van der Waals surface area contributed by atoms with Gasteiger partial charge in [-0.15, -0.1) is 6.42 Å². The molecule has 0 atom stereocenters. The molecule has 2 rings (SSSR count). The highest BCUT2D eigenvalue weighted by Gasteiger charge is 2.27. The van der Waals surface area contributed by atoms with Crippen molar-refractivity contribution in [1.29, 1.82) is 0 Å². The Hall–Kier alpha value is -1.46. The van der Waals surface area contributed by atoms with E-state index in [9.17, 15) is 4.79 Å². The molecule has 0 bridgehead atoms. The van der Waals surface area contributed by atoms with Gasteiger partial charge in [0.15, 0.2) is 0 Å². The van der Waals surface area contributed by atoms with Crippen LogP contribution in [0.25, 0.3) is 0 Å². The fourth-order valence-corrected chi connectivity index (χ4v) is 1.96. The second-order valence-corrected chi connectivity index (χ2v) is 4.72. The highest BCUT2D eigenvalue weighted by molar-refractivity contribution is 6.33. The Morgan fingerprint density at radius 1 is 1.47 bits per heavy atom. The Kier molecular flexibility index (Phi) is 3.71. The lowest BCUT2D eigenvalue weighted by Gasteiger charge is -2.20. The quantitative estimate of drug-likeness (QED) is 0.750. The predicted octanol–water partition coefficient (Wildman–Crippen LogP) is 2.83. The largest absolute Gasteiger partial charge is 0.327 e. The Morgan fingerprint density at radius 2 is 2.18 bits per heavy atom. The number of amides is 1. The lowest BCUT2D eigenvalue weighted by atomic mass is 10.2. The third-order valence-electron chi connectivity index (χ3n) is 2.85. The molecule has 2 nitrogen and oxygen atoms in total. The van der Waals surface area contributed by atoms with E-state index in [2.05, 4.69) is 5.92 Å². The fourth-order valence-electron chi connectivity index (χ4n) is 1.75. The molecule has 1 aliphatic rings. The number of hydrogen-bond donors (Lipinski definition) is 0. The second kappa shape index (κ2) is 5.25.